The van der Waals surface area contributed by atoms with E-state index in [0.717, 1.165) is 18.5 Å². The highest BCUT2D eigenvalue weighted by molar-refractivity contribution is 5.22. The molecule has 76 valence electrons. The number of nitrogens with zero attached hydrogens (tertiary/aromatic N) is 1. The molecular weight excluding hydrogens is 176 g/mol. The SMILES string of the molecule is COc1cccc(C2(N)CCCC2)n1. The topological polar surface area (TPSA) is 48.1 Å². The van der Waals surface area contributed by atoms with Gasteiger partial charge in [0.1, 0.15) is 0 Å². The molecule has 0 aromatic carbocycles. The monoisotopic (exact) mass is 192 g/mol. The van der Waals surface area contributed by atoms with Gasteiger partial charge in [-0.3, -0.25) is 0 Å². The third-order valence-corrected chi connectivity index (χ3v) is 2.94. The van der Waals surface area contributed by atoms with Crippen LogP contribution < -0.4 is 10.5 Å². The van der Waals surface area contributed by atoms with Crippen LogP contribution in [0.5, 0.6) is 5.88 Å². The second-order valence-corrected chi connectivity index (χ2v) is 3.93. The summed E-state index contributed by atoms with van der Waals surface area (Å²) >= 11 is 0. The smallest absolute Gasteiger partial charge is 0.213 e. The van der Waals surface area contributed by atoms with Gasteiger partial charge in [0.25, 0.3) is 0 Å². The molecule has 1 aromatic rings. The molecule has 1 aliphatic rings. The van der Waals surface area contributed by atoms with Crippen molar-refractivity contribution in [2.45, 2.75) is 31.2 Å². The molecule has 0 radical (unpaired) electrons. The zero-order valence-electron chi connectivity index (χ0n) is 8.49. The minimum Gasteiger partial charge on any atom is -0.481 e. The van der Waals surface area contributed by atoms with E-state index in [1.807, 2.05) is 18.2 Å². The molecule has 0 aliphatic heterocycles. The number of rotatable bonds is 2. The fourth-order valence-electron chi connectivity index (χ4n) is 2.07. The lowest BCUT2D eigenvalue weighted by Crippen LogP contribution is -2.34. The van der Waals surface area contributed by atoms with E-state index >= 15 is 0 Å². The predicted molar refractivity (Wildman–Crippen MR) is 55.1 cm³/mol. The summed E-state index contributed by atoms with van der Waals surface area (Å²) in [6.45, 7) is 0. The fourth-order valence-corrected chi connectivity index (χ4v) is 2.07. The maximum Gasteiger partial charge on any atom is 0.213 e. The number of hydrogen-bond acceptors (Lipinski definition) is 3. The zero-order valence-corrected chi connectivity index (χ0v) is 8.49. The third kappa shape index (κ3) is 1.60. The number of hydrogen-bond donors (Lipinski definition) is 1. The first-order valence-corrected chi connectivity index (χ1v) is 5.05. The number of methoxy groups -OCH3 is 1. The van der Waals surface area contributed by atoms with Crippen LogP contribution in [0, 0.1) is 0 Å². The van der Waals surface area contributed by atoms with Crippen molar-refractivity contribution in [3.05, 3.63) is 23.9 Å². The first-order chi connectivity index (χ1) is 6.74. The van der Waals surface area contributed by atoms with Crippen molar-refractivity contribution in [3.63, 3.8) is 0 Å². The van der Waals surface area contributed by atoms with Crippen LogP contribution in [0.3, 0.4) is 0 Å². The number of aromatic nitrogens is 1. The Morgan fingerprint density at radius 3 is 2.71 bits per heavy atom. The van der Waals surface area contributed by atoms with Crippen molar-refractivity contribution < 1.29 is 4.74 Å². The summed E-state index contributed by atoms with van der Waals surface area (Å²) in [4.78, 5) is 4.40. The minimum absolute atomic E-state index is 0.214. The standard InChI is InChI=1S/C11H16N2O/c1-14-10-6-4-5-9(13-10)11(12)7-2-3-8-11/h4-6H,2-3,7-8,12H2,1H3. The first kappa shape index (κ1) is 9.46. The second kappa shape index (κ2) is 3.58. The van der Waals surface area contributed by atoms with Crippen LogP contribution in [-0.2, 0) is 5.54 Å². The van der Waals surface area contributed by atoms with Crippen molar-refractivity contribution in [3.8, 4) is 5.88 Å². The van der Waals surface area contributed by atoms with Crippen LogP contribution in [-0.4, -0.2) is 12.1 Å². The summed E-state index contributed by atoms with van der Waals surface area (Å²) in [6, 6.07) is 5.80. The molecule has 0 atom stereocenters. The van der Waals surface area contributed by atoms with E-state index in [0.29, 0.717) is 5.88 Å². The van der Waals surface area contributed by atoms with E-state index < -0.39 is 0 Å². The summed E-state index contributed by atoms with van der Waals surface area (Å²) in [7, 11) is 1.63. The van der Waals surface area contributed by atoms with Crippen LogP contribution in [0.15, 0.2) is 18.2 Å². The summed E-state index contributed by atoms with van der Waals surface area (Å²) in [5.41, 5.74) is 7.04. The van der Waals surface area contributed by atoms with Crippen molar-refractivity contribution in [2.24, 2.45) is 5.73 Å². The molecule has 1 fully saturated rings. The first-order valence-electron chi connectivity index (χ1n) is 5.05. The van der Waals surface area contributed by atoms with E-state index in [1.165, 1.54) is 12.8 Å². The lowest BCUT2D eigenvalue weighted by molar-refractivity contribution is 0.383. The van der Waals surface area contributed by atoms with Gasteiger partial charge in [0.2, 0.25) is 5.88 Å². The predicted octanol–water partition coefficient (Wildman–Crippen LogP) is 1.82. The highest BCUT2D eigenvalue weighted by Gasteiger charge is 2.32. The van der Waals surface area contributed by atoms with Gasteiger partial charge in [-0.05, 0) is 18.9 Å². The quantitative estimate of drug-likeness (QED) is 0.777. The van der Waals surface area contributed by atoms with Crippen LogP contribution >= 0.6 is 0 Å². The van der Waals surface area contributed by atoms with Gasteiger partial charge in [0.15, 0.2) is 0 Å². The number of nitrogens with two attached hydrogens (primary N) is 1. The van der Waals surface area contributed by atoms with Gasteiger partial charge in [-0.2, -0.15) is 0 Å². The largest absolute Gasteiger partial charge is 0.481 e. The molecule has 1 heterocycles. The van der Waals surface area contributed by atoms with E-state index in [-0.39, 0.29) is 5.54 Å². The summed E-state index contributed by atoms with van der Waals surface area (Å²) in [5.74, 6) is 0.652. The van der Waals surface area contributed by atoms with Gasteiger partial charge < -0.3 is 10.5 Å². The lowest BCUT2D eigenvalue weighted by atomic mass is 9.94. The summed E-state index contributed by atoms with van der Waals surface area (Å²) in [6.07, 6.45) is 4.48. The van der Waals surface area contributed by atoms with Crippen molar-refractivity contribution in [1.82, 2.24) is 4.98 Å². The highest BCUT2D eigenvalue weighted by atomic mass is 16.5. The molecule has 3 nitrogen and oxygen atoms in total. The average molecular weight is 192 g/mol. The maximum absolute atomic E-state index is 6.29. The summed E-state index contributed by atoms with van der Waals surface area (Å²) in [5, 5.41) is 0. The van der Waals surface area contributed by atoms with Gasteiger partial charge in [-0.25, -0.2) is 4.98 Å². The average Bonchev–Trinajstić information content (AvgIpc) is 2.67. The number of pyridine rings is 1. The lowest BCUT2D eigenvalue weighted by Gasteiger charge is -2.22. The van der Waals surface area contributed by atoms with Crippen LogP contribution in [0.1, 0.15) is 31.4 Å². The molecule has 0 spiro atoms. The van der Waals surface area contributed by atoms with Gasteiger partial charge in [-0.1, -0.05) is 18.9 Å². The van der Waals surface area contributed by atoms with Crippen LogP contribution in [0.4, 0.5) is 0 Å². The molecular formula is C11H16N2O. The fraction of sp³-hybridized carbons (Fsp3) is 0.545. The van der Waals surface area contributed by atoms with E-state index in [9.17, 15) is 0 Å². The third-order valence-electron chi connectivity index (χ3n) is 2.94. The summed E-state index contributed by atoms with van der Waals surface area (Å²) < 4.78 is 5.09. The van der Waals surface area contributed by atoms with E-state index in [1.54, 1.807) is 7.11 Å². The molecule has 1 aliphatic carbocycles. The second-order valence-electron chi connectivity index (χ2n) is 3.93. The van der Waals surface area contributed by atoms with Gasteiger partial charge in [0.05, 0.1) is 18.3 Å². The Balaban J connectivity index is 2.30. The Hall–Kier alpha value is -1.09. The van der Waals surface area contributed by atoms with Crippen molar-refractivity contribution >= 4 is 0 Å². The Bertz CT molecular complexity index is 319. The molecule has 3 heteroatoms. The molecule has 1 aromatic heterocycles. The Kier molecular flexibility index (Phi) is 2.42. The molecule has 2 N–H and O–H groups in total. The van der Waals surface area contributed by atoms with Gasteiger partial charge >= 0.3 is 0 Å². The van der Waals surface area contributed by atoms with Crippen molar-refractivity contribution in [1.29, 1.82) is 0 Å². The number of ether oxygens (including phenoxy) is 1. The molecule has 2 rings (SSSR count). The molecule has 0 unspecified atom stereocenters. The normalized spacial score (nSPS) is 19.6. The Morgan fingerprint density at radius 2 is 2.07 bits per heavy atom. The Morgan fingerprint density at radius 1 is 1.36 bits per heavy atom. The molecule has 0 saturated heterocycles. The Labute approximate surface area is 84.3 Å². The zero-order chi connectivity index (χ0) is 10.0. The van der Waals surface area contributed by atoms with Crippen LogP contribution in [0.25, 0.3) is 0 Å². The van der Waals surface area contributed by atoms with Crippen molar-refractivity contribution in [2.75, 3.05) is 7.11 Å². The molecule has 0 amide bonds. The van der Waals surface area contributed by atoms with E-state index in [4.69, 9.17) is 10.5 Å². The maximum atomic E-state index is 6.29. The molecule has 14 heavy (non-hydrogen) atoms. The highest BCUT2D eigenvalue weighted by Crippen LogP contribution is 2.35. The minimum atomic E-state index is -0.214. The van der Waals surface area contributed by atoms with E-state index in [2.05, 4.69) is 4.98 Å². The van der Waals surface area contributed by atoms with Crippen LogP contribution in [0.2, 0.25) is 0 Å². The molecule has 1 saturated carbocycles. The molecule has 0 bridgehead atoms. The van der Waals surface area contributed by atoms with Gasteiger partial charge in [-0.15, -0.1) is 0 Å². The van der Waals surface area contributed by atoms with Gasteiger partial charge in [0, 0.05) is 6.07 Å².